The third kappa shape index (κ3) is 6.81. The molecule has 0 unspecified atom stereocenters. The molecule has 36 heavy (non-hydrogen) atoms. The number of aryl methyl sites for hydroxylation is 4. The van der Waals surface area contributed by atoms with Gasteiger partial charge >= 0.3 is 0 Å². The zero-order valence-corrected chi connectivity index (χ0v) is 23.4. The van der Waals surface area contributed by atoms with E-state index in [0.29, 0.717) is 22.4 Å². The number of rotatable bonds is 9. The van der Waals surface area contributed by atoms with Gasteiger partial charge in [0.2, 0.25) is 10.0 Å². The lowest BCUT2D eigenvalue weighted by Gasteiger charge is -2.24. The van der Waals surface area contributed by atoms with Crippen molar-refractivity contribution in [3.63, 3.8) is 0 Å². The fourth-order valence-corrected chi connectivity index (χ4v) is 6.18. The second kappa shape index (κ2) is 11.8. The molecule has 0 saturated carbocycles. The normalized spacial score (nSPS) is 11.8. The number of amides is 1. The van der Waals surface area contributed by atoms with Crippen molar-refractivity contribution in [1.29, 1.82) is 0 Å². The van der Waals surface area contributed by atoms with Crippen LogP contribution in [-0.4, -0.2) is 38.5 Å². The highest BCUT2D eigenvalue weighted by Gasteiger charge is 2.30. The molecule has 0 heterocycles. The second-order valence-corrected chi connectivity index (χ2v) is 11.5. The molecule has 3 aromatic rings. The van der Waals surface area contributed by atoms with E-state index in [-0.39, 0.29) is 11.4 Å². The van der Waals surface area contributed by atoms with Crippen molar-refractivity contribution in [3.8, 4) is 5.75 Å². The number of benzene rings is 3. The molecule has 0 fully saturated rings. The van der Waals surface area contributed by atoms with Crippen molar-refractivity contribution in [3.05, 3.63) is 92.5 Å². The van der Waals surface area contributed by atoms with Gasteiger partial charge in [0.1, 0.15) is 5.75 Å². The largest absolute Gasteiger partial charge is 0.496 e. The summed E-state index contributed by atoms with van der Waals surface area (Å²) in [7, 11) is -2.44. The minimum atomic E-state index is -3.98. The molecule has 3 aromatic carbocycles. The van der Waals surface area contributed by atoms with Crippen LogP contribution in [0.1, 0.15) is 33.4 Å². The molecule has 9 heteroatoms. The number of nitrogens with zero attached hydrogens (tertiary/aromatic N) is 2. The Balaban J connectivity index is 1.88. The molecule has 0 atom stereocenters. The van der Waals surface area contributed by atoms with Crippen LogP contribution < -0.4 is 10.2 Å². The van der Waals surface area contributed by atoms with Crippen LogP contribution >= 0.6 is 15.9 Å². The minimum Gasteiger partial charge on any atom is -0.496 e. The number of halogens is 1. The molecule has 1 N–H and O–H groups in total. The molecule has 0 spiro atoms. The van der Waals surface area contributed by atoms with Crippen molar-refractivity contribution in [1.82, 2.24) is 9.73 Å². The summed E-state index contributed by atoms with van der Waals surface area (Å²) in [5, 5.41) is 4.02. The van der Waals surface area contributed by atoms with Gasteiger partial charge in [-0.05, 0) is 62.6 Å². The SMILES string of the molecule is COc1ccc(Br)cc1/C=N/NC(=O)CN(Cc1ccc(C)cc1)S(=O)(=O)c1c(C)cc(C)cc1C. The number of hydrazone groups is 1. The highest BCUT2D eigenvalue weighted by molar-refractivity contribution is 9.10. The molecular weight excluding hydrogens is 542 g/mol. The van der Waals surface area contributed by atoms with Crippen LogP contribution in [0.2, 0.25) is 0 Å². The maximum Gasteiger partial charge on any atom is 0.255 e. The first kappa shape index (κ1) is 27.6. The van der Waals surface area contributed by atoms with Crippen LogP contribution in [0.5, 0.6) is 5.75 Å². The van der Waals surface area contributed by atoms with E-state index in [0.717, 1.165) is 21.2 Å². The summed E-state index contributed by atoms with van der Waals surface area (Å²) in [6.07, 6.45) is 1.45. The Labute approximate surface area is 221 Å². The van der Waals surface area contributed by atoms with E-state index in [4.69, 9.17) is 4.74 Å². The lowest BCUT2D eigenvalue weighted by atomic mass is 10.1. The van der Waals surface area contributed by atoms with E-state index in [1.807, 2.05) is 56.3 Å². The number of nitrogens with one attached hydrogen (secondary N) is 1. The van der Waals surface area contributed by atoms with Gasteiger partial charge in [-0.25, -0.2) is 13.8 Å². The Hall–Kier alpha value is -3.01. The van der Waals surface area contributed by atoms with Gasteiger partial charge in [0.25, 0.3) is 5.91 Å². The van der Waals surface area contributed by atoms with Crippen LogP contribution in [0.4, 0.5) is 0 Å². The summed E-state index contributed by atoms with van der Waals surface area (Å²) in [6, 6.07) is 16.6. The van der Waals surface area contributed by atoms with Crippen LogP contribution in [0.3, 0.4) is 0 Å². The average molecular weight is 573 g/mol. The summed E-state index contributed by atoms with van der Waals surface area (Å²) in [6.45, 7) is 7.08. The Morgan fingerprint density at radius 2 is 1.64 bits per heavy atom. The third-order valence-electron chi connectivity index (χ3n) is 5.59. The standard InChI is InChI=1S/C27H30BrN3O4S/c1-18-6-8-22(9-7-18)16-31(36(33,34)27-20(3)12-19(2)13-21(27)4)17-26(32)30-29-15-23-14-24(28)10-11-25(23)35-5/h6-15H,16-17H2,1-5H3,(H,30,32)/b29-15+. The topological polar surface area (TPSA) is 88.1 Å². The molecule has 3 rings (SSSR count). The van der Waals surface area contributed by atoms with Crippen LogP contribution in [-0.2, 0) is 21.4 Å². The molecule has 7 nitrogen and oxygen atoms in total. The van der Waals surface area contributed by atoms with Gasteiger partial charge in [0, 0.05) is 16.6 Å². The molecule has 0 radical (unpaired) electrons. The molecule has 0 saturated heterocycles. The number of ether oxygens (including phenoxy) is 1. The van der Waals surface area contributed by atoms with Crippen LogP contribution in [0, 0.1) is 27.7 Å². The summed E-state index contributed by atoms with van der Waals surface area (Å²) in [5.74, 6) is 0.0309. The van der Waals surface area contributed by atoms with E-state index in [2.05, 4.69) is 26.5 Å². The summed E-state index contributed by atoms with van der Waals surface area (Å²) in [5.41, 5.74) is 7.20. The summed E-state index contributed by atoms with van der Waals surface area (Å²) >= 11 is 3.40. The van der Waals surface area contributed by atoms with Gasteiger partial charge in [-0.3, -0.25) is 4.79 Å². The Bertz CT molecular complexity index is 1360. The highest BCUT2D eigenvalue weighted by Crippen LogP contribution is 2.26. The first-order valence-electron chi connectivity index (χ1n) is 11.3. The predicted molar refractivity (Wildman–Crippen MR) is 146 cm³/mol. The van der Waals surface area contributed by atoms with E-state index >= 15 is 0 Å². The van der Waals surface area contributed by atoms with Crippen molar-refractivity contribution < 1.29 is 17.9 Å². The average Bonchev–Trinajstić information content (AvgIpc) is 2.79. The number of sulfonamides is 1. The molecule has 0 aliphatic heterocycles. The maximum atomic E-state index is 13.8. The number of methoxy groups -OCH3 is 1. The van der Waals surface area contributed by atoms with E-state index in [9.17, 15) is 13.2 Å². The van der Waals surface area contributed by atoms with E-state index in [1.54, 1.807) is 33.1 Å². The van der Waals surface area contributed by atoms with E-state index in [1.165, 1.54) is 10.5 Å². The molecule has 0 aliphatic rings. The minimum absolute atomic E-state index is 0.0476. The third-order valence-corrected chi connectivity index (χ3v) is 8.18. The van der Waals surface area contributed by atoms with Crippen LogP contribution in [0.15, 0.2) is 69.1 Å². The quantitative estimate of drug-likeness (QED) is 0.288. The van der Waals surface area contributed by atoms with Gasteiger partial charge in [0.05, 0.1) is 24.8 Å². The summed E-state index contributed by atoms with van der Waals surface area (Å²) in [4.78, 5) is 13.1. The smallest absolute Gasteiger partial charge is 0.255 e. The summed E-state index contributed by atoms with van der Waals surface area (Å²) < 4.78 is 34.9. The van der Waals surface area contributed by atoms with Gasteiger partial charge < -0.3 is 4.74 Å². The number of hydrogen-bond donors (Lipinski definition) is 1. The zero-order chi connectivity index (χ0) is 26.5. The Kier molecular flexibility index (Phi) is 9.05. The Morgan fingerprint density at radius 1 is 1.00 bits per heavy atom. The van der Waals surface area contributed by atoms with E-state index < -0.39 is 22.5 Å². The fraction of sp³-hybridized carbons (Fsp3) is 0.259. The monoisotopic (exact) mass is 571 g/mol. The Morgan fingerprint density at radius 3 is 2.25 bits per heavy atom. The molecule has 1 amide bonds. The molecular formula is C27H30BrN3O4S. The van der Waals surface area contributed by atoms with Gasteiger partial charge in [0.15, 0.2) is 0 Å². The van der Waals surface area contributed by atoms with Crippen LogP contribution in [0.25, 0.3) is 0 Å². The first-order valence-corrected chi connectivity index (χ1v) is 13.5. The van der Waals surface area contributed by atoms with Crippen molar-refractivity contribution in [2.24, 2.45) is 5.10 Å². The predicted octanol–water partition coefficient (Wildman–Crippen LogP) is 5.03. The zero-order valence-electron chi connectivity index (χ0n) is 21.0. The fourth-order valence-electron chi connectivity index (χ4n) is 4.00. The molecule has 0 bridgehead atoms. The molecule has 0 aliphatic carbocycles. The number of hydrogen-bond acceptors (Lipinski definition) is 5. The second-order valence-electron chi connectivity index (χ2n) is 8.67. The van der Waals surface area contributed by atoms with Crippen molar-refractivity contribution in [2.45, 2.75) is 39.1 Å². The first-order chi connectivity index (χ1) is 17.0. The number of carbonyl (C=O) groups excluding carboxylic acids is 1. The maximum absolute atomic E-state index is 13.8. The van der Waals surface area contributed by atoms with Gasteiger partial charge in [-0.2, -0.15) is 9.41 Å². The molecule has 190 valence electrons. The van der Waals surface area contributed by atoms with Gasteiger partial charge in [-0.15, -0.1) is 0 Å². The lowest BCUT2D eigenvalue weighted by Crippen LogP contribution is -2.39. The van der Waals surface area contributed by atoms with Gasteiger partial charge in [-0.1, -0.05) is 63.5 Å². The van der Waals surface area contributed by atoms with Crippen molar-refractivity contribution >= 4 is 38.1 Å². The van der Waals surface area contributed by atoms with Crippen molar-refractivity contribution in [2.75, 3.05) is 13.7 Å². The lowest BCUT2D eigenvalue weighted by molar-refractivity contribution is -0.121. The molecule has 0 aromatic heterocycles. The number of carbonyl (C=O) groups is 1. The highest BCUT2D eigenvalue weighted by atomic mass is 79.9.